The fourth-order valence-electron chi connectivity index (χ4n) is 3.87. The Labute approximate surface area is 224 Å². The lowest BCUT2D eigenvalue weighted by Gasteiger charge is -2.26. The summed E-state index contributed by atoms with van der Waals surface area (Å²) in [5.41, 5.74) is 1.59. The number of nitrogens with zero attached hydrogens (tertiary/aromatic N) is 3. The maximum Gasteiger partial charge on any atom is 0.442 e. The number of carbonyl (C=O) groups excluding carboxylic acids is 1. The van der Waals surface area contributed by atoms with Crippen molar-refractivity contribution < 1.29 is 18.5 Å². The second-order valence-corrected chi connectivity index (χ2v) is 11.8. The highest BCUT2D eigenvalue weighted by Crippen LogP contribution is 2.26. The van der Waals surface area contributed by atoms with E-state index in [9.17, 15) is 9.00 Å². The minimum atomic E-state index is -2.90. The lowest BCUT2D eigenvalue weighted by Crippen LogP contribution is -2.32. The fourth-order valence-corrected chi connectivity index (χ4v) is 5.72. The number of thiophene rings is 1. The first-order valence-corrected chi connectivity index (χ1v) is 15.2. The van der Waals surface area contributed by atoms with E-state index in [4.69, 9.17) is 14.5 Å². The average Bonchev–Trinajstić information content (AvgIpc) is 3.40. The highest BCUT2D eigenvalue weighted by atomic mass is 32.2. The van der Waals surface area contributed by atoms with Gasteiger partial charge < -0.3 is 14.8 Å². The number of allylic oxidation sites excluding steroid dienone is 2. The zero-order valence-electron chi connectivity index (χ0n) is 21.8. The Morgan fingerprint density at radius 1 is 1.19 bits per heavy atom. The number of hydrogen-bond donors (Lipinski definition) is 1. The second-order valence-electron chi connectivity index (χ2n) is 8.59. The van der Waals surface area contributed by atoms with Crippen LogP contribution in [0, 0.1) is 0 Å². The topological polar surface area (TPSA) is 92.6 Å². The van der Waals surface area contributed by atoms with Crippen molar-refractivity contribution in [3.8, 4) is 0 Å². The van der Waals surface area contributed by atoms with E-state index >= 15 is 0 Å². The Hall–Kier alpha value is -2.95. The number of nitrogens with one attached hydrogen (secondary N) is 1. The van der Waals surface area contributed by atoms with Crippen LogP contribution in [0.1, 0.15) is 38.0 Å². The number of piperidine rings is 1. The molecule has 1 aromatic carbocycles. The van der Waals surface area contributed by atoms with Crippen molar-refractivity contribution in [2.75, 3.05) is 44.4 Å². The average molecular weight is 545 g/mol. The van der Waals surface area contributed by atoms with E-state index in [0.29, 0.717) is 23.2 Å². The molecule has 1 atom stereocenters. The van der Waals surface area contributed by atoms with Gasteiger partial charge in [-0.25, -0.2) is 14.0 Å². The molecule has 0 saturated carbocycles. The molecule has 1 aliphatic rings. The number of rotatable bonds is 10. The number of ether oxygens (including phenoxy) is 2. The van der Waals surface area contributed by atoms with Crippen LogP contribution < -0.4 is 5.32 Å². The van der Waals surface area contributed by atoms with Gasteiger partial charge in [-0.05, 0) is 75.5 Å². The molecule has 1 amide bonds. The summed E-state index contributed by atoms with van der Waals surface area (Å²) < 4.78 is 27.5. The molecule has 1 saturated heterocycles. The number of benzene rings is 1. The fraction of sp³-hybridized carbons (Fsp3) is 0.407. The highest BCUT2D eigenvalue weighted by Gasteiger charge is 2.14. The molecule has 37 heavy (non-hydrogen) atoms. The first kappa shape index (κ1) is 28.6. The van der Waals surface area contributed by atoms with Gasteiger partial charge in [-0.2, -0.15) is 0 Å². The zero-order chi connectivity index (χ0) is 26.7. The van der Waals surface area contributed by atoms with Crippen molar-refractivity contribution in [2.24, 2.45) is 9.36 Å². The number of likely N-dealkylation sites (tertiary alicyclic amines) is 1. The van der Waals surface area contributed by atoms with Gasteiger partial charge in [0.25, 0.3) is 0 Å². The van der Waals surface area contributed by atoms with E-state index in [-0.39, 0.29) is 6.61 Å². The van der Waals surface area contributed by atoms with Crippen LogP contribution in [0.25, 0.3) is 5.57 Å². The molecule has 0 spiro atoms. The van der Waals surface area contributed by atoms with Gasteiger partial charge in [0.2, 0.25) is 5.88 Å². The number of carbonyl (C=O) groups is 1. The van der Waals surface area contributed by atoms with Gasteiger partial charge in [0.05, 0.1) is 21.9 Å². The van der Waals surface area contributed by atoms with Crippen molar-refractivity contribution in [3.05, 3.63) is 65.2 Å². The molecule has 2 heterocycles. The largest absolute Gasteiger partial charge is 0.476 e. The third-order valence-electron chi connectivity index (χ3n) is 5.72. The van der Waals surface area contributed by atoms with Crippen molar-refractivity contribution in [1.29, 1.82) is 0 Å². The predicted octanol–water partition coefficient (Wildman–Crippen LogP) is 6.25. The molecule has 1 unspecified atom stereocenters. The summed E-state index contributed by atoms with van der Waals surface area (Å²) >= 11 is 1.61. The van der Waals surface area contributed by atoms with Crippen LogP contribution in [0.5, 0.6) is 0 Å². The monoisotopic (exact) mass is 544 g/mol. The molecular formula is C27H36N4O4S2. The summed E-state index contributed by atoms with van der Waals surface area (Å²) in [6, 6.07) is 10.9. The van der Waals surface area contributed by atoms with Crippen molar-refractivity contribution >= 4 is 44.3 Å². The van der Waals surface area contributed by atoms with Gasteiger partial charge in [-0.15, -0.1) is 15.7 Å². The van der Waals surface area contributed by atoms with Crippen molar-refractivity contribution in [2.45, 2.75) is 38.0 Å². The van der Waals surface area contributed by atoms with E-state index < -0.39 is 15.8 Å². The summed E-state index contributed by atoms with van der Waals surface area (Å²) in [5.74, 6) is 1.14. The molecule has 2 aromatic rings. The van der Waals surface area contributed by atoms with Gasteiger partial charge in [0, 0.05) is 28.3 Å². The molecule has 1 aliphatic heterocycles. The van der Waals surface area contributed by atoms with E-state index in [1.807, 2.05) is 24.4 Å². The van der Waals surface area contributed by atoms with Crippen LogP contribution >= 0.6 is 11.3 Å². The van der Waals surface area contributed by atoms with Crippen LogP contribution in [0.15, 0.2) is 74.6 Å². The Bertz CT molecular complexity index is 1220. The molecule has 3 rings (SSSR count). The molecule has 1 N–H and O–H groups in total. The van der Waals surface area contributed by atoms with Crippen molar-refractivity contribution in [3.63, 3.8) is 0 Å². The molecular weight excluding hydrogens is 508 g/mol. The normalized spacial score (nSPS) is 16.8. The van der Waals surface area contributed by atoms with E-state index in [2.05, 4.69) is 21.2 Å². The predicted molar refractivity (Wildman–Crippen MR) is 153 cm³/mol. The van der Waals surface area contributed by atoms with E-state index in [1.165, 1.54) is 25.5 Å². The molecule has 0 aliphatic carbocycles. The minimum Gasteiger partial charge on any atom is -0.476 e. The number of amidine groups is 1. The number of aliphatic imine (C=N–C) groups is 1. The summed E-state index contributed by atoms with van der Waals surface area (Å²) in [6.45, 7) is 11.3. The highest BCUT2D eigenvalue weighted by molar-refractivity contribution is 7.93. The molecule has 0 radical (unpaired) electrons. The second kappa shape index (κ2) is 14.1. The molecule has 200 valence electrons. The smallest absolute Gasteiger partial charge is 0.442 e. The Balaban J connectivity index is 1.76. The van der Waals surface area contributed by atoms with Gasteiger partial charge in [0.15, 0.2) is 0 Å². The maximum atomic E-state index is 12.8. The zero-order valence-corrected chi connectivity index (χ0v) is 23.4. The van der Waals surface area contributed by atoms with Crippen LogP contribution in [-0.4, -0.2) is 60.1 Å². The molecule has 1 fully saturated rings. The standard InChI is InChI=1S/C27H36N4O4S2/c1-5-24(25-11-10-20-36-25)26(35-19-18-31-16-8-7-9-17-31)29-21(3)28-22-12-14-23(15-13-22)37(4,33)30-27(32)34-6-2/h5,10-15,20H,1,6-9,16-19H2,2-4H3,(H,28,29)/b26-24-. The summed E-state index contributed by atoms with van der Waals surface area (Å²) in [5, 5.41) is 5.27. The number of amides is 1. The Morgan fingerprint density at radius 2 is 1.92 bits per heavy atom. The summed E-state index contributed by atoms with van der Waals surface area (Å²) in [4.78, 5) is 20.3. The van der Waals surface area contributed by atoms with Gasteiger partial charge in [-0.3, -0.25) is 4.90 Å². The van der Waals surface area contributed by atoms with E-state index in [0.717, 1.165) is 35.8 Å². The summed E-state index contributed by atoms with van der Waals surface area (Å²) in [6.07, 6.45) is 6.13. The van der Waals surface area contributed by atoms with Gasteiger partial charge >= 0.3 is 6.09 Å². The van der Waals surface area contributed by atoms with Gasteiger partial charge in [0.1, 0.15) is 12.4 Å². The lowest BCUT2D eigenvalue weighted by atomic mass is 10.1. The Morgan fingerprint density at radius 3 is 2.54 bits per heavy atom. The summed E-state index contributed by atoms with van der Waals surface area (Å²) in [7, 11) is -2.90. The van der Waals surface area contributed by atoms with Crippen LogP contribution in [-0.2, 0) is 19.2 Å². The number of anilines is 1. The Kier molecular flexibility index (Phi) is 10.9. The molecule has 0 bridgehead atoms. The SMILES string of the molecule is C=C/C(=C(\N=C(/C)Nc1ccc(S(C)(=O)=NC(=O)OCC)cc1)OCCN1CCCCC1)c1cccs1. The minimum absolute atomic E-state index is 0.178. The third kappa shape index (κ3) is 8.84. The van der Waals surface area contributed by atoms with Crippen LogP contribution in [0.4, 0.5) is 10.5 Å². The third-order valence-corrected chi connectivity index (χ3v) is 8.27. The first-order valence-electron chi connectivity index (χ1n) is 12.4. The first-order chi connectivity index (χ1) is 17.8. The van der Waals surface area contributed by atoms with Crippen LogP contribution in [0.2, 0.25) is 0 Å². The van der Waals surface area contributed by atoms with Gasteiger partial charge in [-0.1, -0.05) is 25.1 Å². The lowest BCUT2D eigenvalue weighted by molar-refractivity contribution is 0.143. The molecule has 10 heteroatoms. The van der Waals surface area contributed by atoms with Crippen LogP contribution in [0.3, 0.4) is 0 Å². The quantitative estimate of drug-likeness (QED) is 0.165. The number of hydrogen-bond acceptors (Lipinski definition) is 7. The van der Waals surface area contributed by atoms with E-state index in [1.54, 1.807) is 48.6 Å². The van der Waals surface area contributed by atoms with Crippen molar-refractivity contribution in [1.82, 2.24) is 4.90 Å². The maximum absolute atomic E-state index is 12.8. The molecule has 1 aromatic heterocycles. The molecule has 8 nitrogen and oxygen atoms in total.